The second-order valence-electron chi connectivity index (χ2n) is 6.83. The van der Waals surface area contributed by atoms with Crippen molar-refractivity contribution in [1.29, 1.82) is 0 Å². The van der Waals surface area contributed by atoms with Crippen molar-refractivity contribution in [3.05, 3.63) is 90.4 Å². The Bertz CT molecular complexity index is 1040. The minimum atomic E-state index is 0.694. The van der Waals surface area contributed by atoms with Crippen LogP contribution in [0.25, 0.3) is 22.8 Å². The summed E-state index contributed by atoms with van der Waals surface area (Å²) in [5.74, 6) is 1.62. The van der Waals surface area contributed by atoms with Gasteiger partial charge in [0.2, 0.25) is 0 Å². The first-order valence-corrected chi connectivity index (χ1v) is 9.39. The molecule has 5 nitrogen and oxygen atoms in total. The highest BCUT2D eigenvalue weighted by Gasteiger charge is 2.19. The Morgan fingerprint density at radius 3 is 2.39 bits per heavy atom. The Labute approximate surface area is 163 Å². The van der Waals surface area contributed by atoms with Gasteiger partial charge in [0, 0.05) is 43.3 Å². The number of fused-ring (bicyclic) bond motifs is 1. The predicted octanol–water partition coefficient (Wildman–Crippen LogP) is 4.16. The highest BCUT2D eigenvalue weighted by Crippen LogP contribution is 2.28. The Hall–Kier alpha value is -3.60. The van der Waals surface area contributed by atoms with Crippen LogP contribution in [0, 0.1) is 0 Å². The molecule has 1 aliphatic rings. The third-order valence-corrected chi connectivity index (χ3v) is 5.03. The number of benzene rings is 1. The lowest BCUT2D eigenvalue weighted by molar-refractivity contribution is 0.720. The number of hydrogen-bond donors (Lipinski definition) is 0. The molecule has 0 unspecified atom stereocenters. The van der Waals surface area contributed by atoms with E-state index in [2.05, 4.69) is 39.1 Å². The Morgan fingerprint density at radius 2 is 1.57 bits per heavy atom. The van der Waals surface area contributed by atoms with Gasteiger partial charge in [0.25, 0.3) is 0 Å². The molecule has 5 heteroatoms. The van der Waals surface area contributed by atoms with Gasteiger partial charge in [-0.1, -0.05) is 30.3 Å². The van der Waals surface area contributed by atoms with Crippen molar-refractivity contribution in [3.8, 4) is 22.8 Å². The summed E-state index contributed by atoms with van der Waals surface area (Å²) in [6, 6.07) is 20.4. The van der Waals surface area contributed by atoms with Gasteiger partial charge in [0.05, 0.1) is 11.4 Å². The number of rotatable bonds is 3. The minimum absolute atomic E-state index is 0.694. The van der Waals surface area contributed by atoms with Gasteiger partial charge in [0.1, 0.15) is 5.82 Å². The first-order valence-electron chi connectivity index (χ1n) is 9.39. The van der Waals surface area contributed by atoms with E-state index in [1.165, 1.54) is 11.1 Å². The van der Waals surface area contributed by atoms with Crippen molar-refractivity contribution < 1.29 is 0 Å². The SMILES string of the molecule is c1ccc(-c2cc(N3CCc4ccccc4C3)nc(-c3ccncc3)n2)nc1. The number of aromatic nitrogens is 4. The first kappa shape index (κ1) is 16.6. The molecule has 0 aliphatic carbocycles. The average molecular weight is 365 g/mol. The molecule has 0 spiro atoms. The smallest absolute Gasteiger partial charge is 0.162 e. The Balaban J connectivity index is 1.59. The van der Waals surface area contributed by atoms with E-state index in [9.17, 15) is 0 Å². The van der Waals surface area contributed by atoms with Crippen LogP contribution >= 0.6 is 0 Å². The zero-order chi connectivity index (χ0) is 18.8. The summed E-state index contributed by atoms with van der Waals surface area (Å²) in [4.78, 5) is 20.6. The number of pyridine rings is 2. The second-order valence-corrected chi connectivity index (χ2v) is 6.83. The van der Waals surface area contributed by atoms with Crippen LogP contribution in [0.3, 0.4) is 0 Å². The zero-order valence-electron chi connectivity index (χ0n) is 15.4. The summed E-state index contributed by atoms with van der Waals surface area (Å²) in [5, 5.41) is 0. The standard InChI is InChI=1S/C23H19N5/c1-2-6-19-16-28(14-10-17(19)5-1)22-15-21(20-7-3-4-11-25-20)26-23(27-22)18-8-12-24-13-9-18/h1-9,11-13,15H,10,14,16H2. The quantitative estimate of drug-likeness (QED) is 0.546. The van der Waals surface area contributed by atoms with Gasteiger partial charge in [-0.15, -0.1) is 0 Å². The second kappa shape index (κ2) is 7.19. The van der Waals surface area contributed by atoms with Crippen LogP contribution in [-0.2, 0) is 13.0 Å². The molecule has 28 heavy (non-hydrogen) atoms. The third-order valence-electron chi connectivity index (χ3n) is 5.03. The number of anilines is 1. The normalized spacial score (nSPS) is 13.2. The molecule has 0 fully saturated rings. The fourth-order valence-corrected chi connectivity index (χ4v) is 3.56. The monoisotopic (exact) mass is 365 g/mol. The van der Waals surface area contributed by atoms with Crippen molar-refractivity contribution in [2.75, 3.05) is 11.4 Å². The van der Waals surface area contributed by atoms with Crippen LogP contribution in [0.1, 0.15) is 11.1 Å². The van der Waals surface area contributed by atoms with E-state index in [4.69, 9.17) is 9.97 Å². The van der Waals surface area contributed by atoms with Gasteiger partial charge < -0.3 is 4.90 Å². The van der Waals surface area contributed by atoms with Crippen molar-refractivity contribution in [2.24, 2.45) is 0 Å². The third kappa shape index (κ3) is 3.22. The maximum atomic E-state index is 4.89. The van der Waals surface area contributed by atoms with Crippen molar-refractivity contribution in [2.45, 2.75) is 13.0 Å². The molecule has 4 aromatic rings. The Morgan fingerprint density at radius 1 is 0.750 bits per heavy atom. The fourth-order valence-electron chi connectivity index (χ4n) is 3.56. The molecule has 4 heterocycles. The van der Waals surface area contributed by atoms with E-state index in [-0.39, 0.29) is 0 Å². The average Bonchev–Trinajstić information content (AvgIpc) is 2.79. The summed E-state index contributed by atoms with van der Waals surface area (Å²) in [6.07, 6.45) is 6.34. The molecule has 1 aromatic carbocycles. The minimum Gasteiger partial charge on any atom is -0.352 e. The maximum Gasteiger partial charge on any atom is 0.162 e. The molecule has 0 atom stereocenters. The largest absolute Gasteiger partial charge is 0.352 e. The molecule has 0 saturated carbocycles. The van der Waals surface area contributed by atoms with Crippen LogP contribution in [-0.4, -0.2) is 26.5 Å². The van der Waals surface area contributed by atoms with Crippen LogP contribution < -0.4 is 4.90 Å². The highest BCUT2D eigenvalue weighted by atomic mass is 15.2. The first-order chi connectivity index (χ1) is 13.9. The molecule has 3 aromatic heterocycles. The van der Waals surface area contributed by atoms with Crippen LogP contribution in [0.2, 0.25) is 0 Å². The van der Waals surface area contributed by atoms with Gasteiger partial charge in [0.15, 0.2) is 5.82 Å². The molecule has 5 rings (SSSR count). The van der Waals surface area contributed by atoms with Gasteiger partial charge in [-0.25, -0.2) is 9.97 Å². The molecule has 0 bridgehead atoms. The summed E-state index contributed by atoms with van der Waals surface area (Å²) in [7, 11) is 0. The lowest BCUT2D eigenvalue weighted by Crippen LogP contribution is -2.31. The van der Waals surface area contributed by atoms with Gasteiger partial charge in [-0.3, -0.25) is 9.97 Å². The summed E-state index contributed by atoms with van der Waals surface area (Å²) < 4.78 is 0. The van der Waals surface area contributed by atoms with Crippen LogP contribution in [0.4, 0.5) is 5.82 Å². The molecule has 0 N–H and O–H groups in total. The molecule has 0 saturated heterocycles. The van der Waals surface area contributed by atoms with E-state index >= 15 is 0 Å². The van der Waals surface area contributed by atoms with Crippen molar-refractivity contribution in [3.63, 3.8) is 0 Å². The highest BCUT2D eigenvalue weighted by molar-refractivity contribution is 5.66. The van der Waals surface area contributed by atoms with Gasteiger partial charge >= 0.3 is 0 Å². The maximum absolute atomic E-state index is 4.89. The predicted molar refractivity (Wildman–Crippen MR) is 110 cm³/mol. The van der Waals surface area contributed by atoms with Gasteiger partial charge in [-0.05, 0) is 41.8 Å². The molecule has 0 amide bonds. The van der Waals surface area contributed by atoms with Gasteiger partial charge in [-0.2, -0.15) is 0 Å². The van der Waals surface area contributed by atoms with E-state index < -0.39 is 0 Å². The zero-order valence-corrected chi connectivity index (χ0v) is 15.4. The van der Waals surface area contributed by atoms with Crippen molar-refractivity contribution >= 4 is 5.82 Å². The lowest BCUT2D eigenvalue weighted by Gasteiger charge is -2.30. The summed E-state index contributed by atoms with van der Waals surface area (Å²) >= 11 is 0. The molecular weight excluding hydrogens is 346 g/mol. The summed E-state index contributed by atoms with van der Waals surface area (Å²) in [6.45, 7) is 1.79. The van der Waals surface area contributed by atoms with E-state index in [1.54, 1.807) is 18.6 Å². The molecule has 0 radical (unpaired) electrons. The van der Waals surface area contributed by atoms with E-state index in [1.807, 2.05) is 36.4 Å². The van der Waals surface area contributed by atoms with Crippen LogP contribution in [0.15, 0.2) is 79.3 Å². The van der Waals surface area contributed by atoms with E-state index in [0.717, 1.165) is 42.3 Å². The number of nitrogens with zero attached hydrogens (tertiary/aromatic N) is 5. The Kier molecular flexibility index (Phi) is 4.26. The summed E-state index contributed by atoms with van der Waals surface area (Å²) in [5.41, 5.74) is 5.41. The van der Waals surface area contributed by atoms with Crippen molar-refractivity contribution in [1.82, 2.24) is 19.9 Å². The topological polar surface area (TPSA) is 54.8 Å². The lowest BCUT2D eigenvalue weighted by atomic mass is 10.00. The fraction of sp³-hybridized carbons (Fsp3) is 0.130. The molecular formula is C23H19N5. The van der Waals surface area contributed by atoms with Crippen LogP contribution in [0.5, 0.6) is 0 Å². The molecule has 1 aliphatic heterocycles. The number of hydrogen-bond acceptors (Lipinski definition) is 5. The molecule has 136 valence electrons. The van der Waals surface area contributed by atoms with E-state index in [0.29, 0.717) is 5.82 Å².